The zero-order valence-corrected chi connectivity index (χ0v) is 16.5. The summed E-state index contributed by atoms with van der Waals surface area (Å²) in [6, 6.07) is 8.21. The molecule has 0 unspecified atom stereocenters. The first-order valence-electron chi connectivity index (χ1n) is 9.68. The summed E-state index contributed by atoms with van der Waals surface area (Å²) in [7, 11) is 2.18. The van der Waals surface area contributed by atoms with Crippen molar-refractivity contribution in [2.75, 3.05) is 36.1 Å². The second kappa shape index (κ2) is 7.49. The van der Waals surface area contributed by atoms with E-state index in [1.54, 1.807) is 0 Å². The van der Waals surface area contributed by atoms with Crippen LogP contribution < -0.4 is 9.80 Å². The van der Waals surface area contributed by atoms with Crippen molar-refractivity contribution < 1.29 is 0 Å². The number of hydrogen-bond donors (Lipinski definition) is 0. The first-order valence-corrected chi connectivity index (χ1v) is 10.1. The van der Waals surface area contributed by atoms with Crippen LogP contribution in [0.2, 0.25) is 5.02 Å². The zero-order chi connectivity index (χ0) is 18.1. The van der Waals surface area contributed by atoms with Crippen molar-refractivity contribution in [1.82, 2.24) is 14.5 Å². The Bertz CT molecular complexity index is 748. The number of halogens is 1. The summed E-state index contributed by atoms with van der Waals surface area (Å²) in [4.78, 5) is 12.4. The molecule has 2 aliphatic heterocycles. The third-order valence-corrected chi connectivity index (χ3v) is 5.67. The zero-order valence-electron chi connectivity index (χ0n) is 15.8. The Kier molecular flexibility index (Phi) is 5.09. The molecule has 2 aromatic rings. The van der Waals surface area contributed by atoms with E-state index in [9.17, 15) is 0 Å². The number of imidazole rings is 1. The minimum absolute atomic E-state index is 0.796. The molecular weight excluding hydrogens is 346 g/mol. The molecule has 0 bridgehead atoms. The third-order valence-electron chi connectivity index (χ3n) is 5.41. The van der Waals surface area contributed by atoms with Crippen LogP contribution in [0.3, 0.4) is 0 Å². The second-order valence-corrected chi connectivity index (χ2v) is 7.89. The largest absolute Gasteiger partial charge is 0.342 e. The maximum atomic E-state index is 6.03. The van der Waals surface area contributed by atoms with Crippen LogP contribution in [0.25, 0.3) is 0 Å². The fourth-order valence-electron chi connectivity index (χ4n) is 4.11. The minimum atomic E-state index is 0.796. The lowest BCUT2D eigenvalue weighted by molar-refractivity contribution is 0.236. The van der Waals surface area contributed by atoms with Gasteiger partial charge in [0, 0.05) is 44.8 Å². The molecule has 0 radical (unpaired) electrons. The van der Waals surface area contributed by atoms with Crippen LogP contribution in [0.4, 0.5) is 11.8 Å². The Balaban J connectivity index is 1.59. The molecule has 6 heteroatoms. The molecule has 1 aromatic carbocycles. The van der Waals surface area contributed by atoms with Gasteiger partial charge in [0.1, 0.15) is 0 Å². The molecule has 0 spiro atoms. The SMILES string of the molecule is CCCN1CN(Cc2ccc(Cl)cc2)Cc2c1nc(N1CCCC1)n2C. The van der Waals surface area contributed by atoms with Gasteiger partial charge < -0.3 is 14.4 Å². The first-order chi connectivity index (χ1) is 12.7. The lowest BCUT2D eigenvalue weighted by Crippen LogP contribution is -2.42. The number of fused-ring (bicyclic) bond motifs is 1. The molecule has 1 fully saturated rings. The van der Waals surface area contributed by atoms with Crippen LogP contribution in [0.5, 0.6) is 0 Å². The number of anilines is 2. The summed E-state index contributed by atoms with van der Waals surface area (Å²) in [5, 5.41) is 0.796. The van der Waals surface area contributed by atoms with E-state index < -0.39 is 0 Å². The highest BCUT2D eigenvalue weighted by Gasteiger charge is 2.30. The van der Waals surface area contributed by atoms with E-state index >= 15 is 0 Å². The molecule has 140 valence electrons. The first kappa shape index (κ1) is 17.7. The van der Waals surface area contributed by atoms with Gasteiger partial charge in [-0.1, -0.05) is 30.7 Å². The topological polar surface area (TPSA) is 27.5 Å². The fourth-order valence-corrected chi connectivity index (χ4v) is 4.23. The highest BCUT2D eigenvalue weighted by atomic mass is 35.5. The summed E-state index contributed by atoms with van der Waals surface area (Å²) < 4.78 is 2.32. The van der Waals surface area contributed by atoms with Crippen molar-refractivity contribution in [3.63, 3.8) is 0 Å². The quantitative estimate of drug-likeness (QED) is 0.795. The van der Waals surface area contributed by atoms with E-state index in [1.807, 2.05) is 12.1 Å². The van der Waals surface area contributed by atoms with Crippen molar-refractivity contribution in [3.8, 4) is 0 Å². The molecule has 1 saturated heterocycles. The third kappa shape index (κ3) is 3.42. The minimum Gasteiger partial charge on any atom is -0.342 e. The summed E-state index contributed by atoms with van der Waals surface area (Å²) in [6.45, 7) is 8.34. The van der Waals surface area contributed by atoms with Crippen LogP contribution in [0, 0.1) is 0 Å². The number of rotatable bonds is 5. The van der Waals surface area contributed by atoms with E-state index in [-0.39, 0.29) is 0 Å². The van der Waals surface area contributed by atoms with Crippen molar-refractivity contribution in [3.05, 3.63) is 40.5 Å². The molecule has 0 N–H and O–H groups in total. The normalized spacial score (nSPS) is 17.8. The van der Waals surface area contributed by atoms with Gasteiger partial charge in [-0.2, -0.15) is 4.98 Å². The van der Waals surface area contributed by atoms with E-state index in [1.165, 1.54) is 29.9 Å². The molecule has 0 aliphatic carbocycles. The second-order valence-electron chi connectivity index (χ2n) is 7.45. The summed E-state index contributed by atoms with van der Waals surface area (Å²) in [5.41, 5.74) is 2.64. The predicted octanol–water partition coefficient (Wildman–Crippen LogP) is 3.86. The molecule has 3 heterocycles. The molecule has 0 amide bonds. The molecule has 2 aliphatic rings. The van der Waals surface area contributed by atoms with Gasteiger partial charge in [0.15, 0.2) is 5.82 Å². The Morgan fingerprint density at radius 2 is 1.85 bits per heavy atom. The van der Waals surface area contributed by atoms with E-state index in [4.69, 9.17) is 16.6 Å². The molecule has 26 heavy (non-hydrogen) atoms. The van der Waals surface area contributed by atoms with Crippen molar-refractivity contribution in [1.29, 1.82) is 0 Å². The Labute approximate surface area is 161 Å². The van der Waals surface area contributed by atoms with Crippen LogP contribution in [-0.4, -0.2) is 40.8 Å². The highest BCUT2D eigenvalue weighted by molar-refractivity contribution is 6.30. The molecule has 1 aromatic heterocycles. The number of aromatic nitrogens is 2. The van der Waals surface area contributed by atoms with Crippen LogP contribution >= 0.6 is 11.6 Å². The van der Waals surface area contributed by atoms with Gasteiger partial charge >= 0.3 is 0 Å². The van der Waals surface area contributed by atoms with E-state index in [0.29, 0.717) is 0 Å². The maximum absolute atomic E-state index is 6.03. The summed E-state index contributed by atoms with van der Waals surface area (Å²) in [6.07, 6.45) is 3.68. The van der Waals surface area contributed by atoms with Crippen molar-refractivity contribution in [2.24, 2.45) is 7.05 Å². The van der Waals surface area contributed by atoms with Crippen LogP contribution in [0.15, 0.2) is 24.3 Å². The monoisotopic (exact) mass is 373 g/mol. The number of nitrogens with zero attached hydrogens (tertiary/aromatic N) is 5. The Hall–Kier alpha value is -1.72. The van der Waals surface area contributed by atoms with Gasteiger partial charge in [0.25, 0.3) is 0 Å². The summed E-state index contributed by atoms with van der Waals surface area (Å²) >= 11 is 6.03. The lowest BCUT2D eigenvalue weighted by Gasteiger charge is -2.36. The van der Waals surface area contributed by atoms with Gasteiger partial charge in [0.2, 0.25) is 5.95 Å². The van der Waals surface area contributed by atoms with Crippen molar-refractivity contribution in [2.45, 2.75) is 39.3 Å². The highest BCUT2D eigenvalue weighted by Crippen LogP contribution is 2.32. The van der Waals surface area contributed by atoms with Crippen molar-refractivity contribution >= 4 is 23.4 Å². The summed E-state index contributed by atoms with van der Waals surface area (Å²) in [5.74, 6) is 2.32. The Morgan fingerprint density at radius 3 is 2.54 bits per heavy atom. The molecule has 5 nitrogen and oxygen atoms in total. The maximum Gasteiger partial charge on any atom is 0.207 e. The molecular formula is C20H28ClN5. The van der Waals surface area contributed by atoms with Gasteiger partial charge in [-0.25, -0.2) is 0 Å². The lowest BCUT2D eigenvalue weighted by atomic mass is 10.2. The number of benzene rings is 1. The average molecular weight is 374 g/mol. The van der Waals surface area contributed by atoms with Gasteiger partial charge in [0.05, 0.1) is 12.4 Å². The van der Waals surface area contributed by atoms with E-state index in [2.05, 4.69) is 45.4 Å². The fraction of sp³-hybridized carbons (Fsp3) is 0.550. The predicted molar refractivity (Wildman–Crippen MR) is 108 cm³/mol. The van der Waals surface area contributed by atoms with Crippen LogP contribution in [0.1, 0.15) is 37.4 Å². The van der Waals surface area contributed by atoms with E-state index in [0.717, 1.165) is 56.8 Å². The Morgan fingerprint density at radius 1 is 1.12 bits per heavy atom. The smallest absolute Gasteiger partial charge is 0.207 e. The van der Waals surface area contributed by atoms with Crippen LogP contribution in [-0.2, 0) is 20.1 Å². The molecule has 0 saturated carbocycles. The average Bonchev–Trinajstić information content (AvgIpc) is 3.26. The number of hydrogen-bond acceptors (Lipinski definition) is 4. The standard InChI is InChI=1S/C20H28ClN5/c1-3-10-26-15-24(13-16-6-8-17(21)9-7-16)14-18-19(26)22-20(23(18)2)25-11-4-5-12-25/h6-9H,3-5,10-15H2,1-2H3. The molecule has 4 rings (SSSR count). The van der Waals surface area contributed by atoms with Gasteiger partial charge in [-0.05, 0) is 37.0 Å². The molecule has 0 atom stereocenters. The van der Waals surface area contributed by atoms with Gasteiger partial charge in [-0.3, -0.25) is 4.90 Å². The van der Waals surface area contributed by atoms with Gasteiger partial charge in [-0.15, -0.1) is 0 Å².